The summed E-state index contributed by atoms with van der Waals surface area (Å²) in [7, 11) is 0. The van der Waals surface area contributed by atoms with Crippen molar-refractivity contribution in [3.8, 4) is 28.2 Å². The predicted octanol–water partition coefficient (Wildman–Crippen LogP) is 5.56. The fraction of sp³-hybridized carbons (Fsp3) is 0.0769. The smallest absolute Gasteiger partial charge is 0.198 e. The van der Waals surface area contributed by atoms with Gasteiger partial charge in [0.2, 0.25) is 0 Å². The molecule has 0 unspecified atom stereocenters. The summed E-state index contributed by atoms with van der Waals surface area (Å²) in [5, 5.41) is 13.8. The number of fused-ring (bicyclic) bond motifs is 3. The van der Waals surface area contributed by atoms with Gasteiger partial charge in [-0.05, 0) is 38.1 Å². The SMILES string of the molecule is Cc1ccc(-c2cc(=N)n3c(n2)sc2c(-c4cccnc4)nn(-c4ccc(C)cc4)c23)cc1. The lowest BCUT2D eigenvalue weighted by Gasteiger charge is -2.06. The fourth-order valence-electron chi connectivity index (χ4n) is 3.96. The minimum Gasteiger partial charge on any atom is -0.284 e. The van der Waals surface area contributed by atoms with E-state index in [2.05, 4.69) is 67.4 Å². The van der Waals surface area contributed by atoms with Gasteiger partial charge >= 0.3 is 0 Å². The molecule has 0 bridgehead atoms. The lowest BCUT2D eigenvalue weighted by Crippen LogP contribution is -2.15. The van der Waals surface area contributed by atoms with Crippen LogP contribution in [0.15, 0.2) is 79.1 Å². The molecule has 160 valence electrons. The number of nitrogens with zero attached hydrogens (tertiary/aromatic N) is 5. The molecule has 4 heterocycles. The van der Waals surface area contributed by atoms with Crippen LogP contribution in [0.4, 0.5) is 0 Å². The molecule has 0 fully saturated rings. The van der Waals surface area contributed by atoms with E-state index in [1.165, 1.54) is 11.1 Å². The highest BCUT2D eigenvalue weighted by atomic mass is 32.1. The van der Waals surface area contributed by atoms with Crippen molar-refractivity contribution in [1.82, 2.24) is 24.1 Å². The van der Waals surface area contributed by atoms with Gasteiger partial charge in [0, 0.05) is 29.6 Å². The molecule has 2 aromatic carbocycles. The van der Waals surface area contributed by atoms with E-state index >= 15 is 0 Å². The minimum atomic E-state index is 0.368. The van der Waals surface area contributed by atoms with Gasteiger partial charge in [0.1, 0.15) is 15.9 Å². The highest BCUT2D eigenvalue weighted by Gasteiger charge is 2.21. The lowest BCUT2D eigenvalue weighted by molar-refractivity contribution is 0.874. The van der Waals surface area contributed by atoms with E-state index in [1.54, 1.807) is 17.5 Å². The average Bonchev–Trinajstić information content (AvgIpc) is 3.38. The maximum Gasteiger partial charge on any atom is 0.198 e. The average molecular weight is 449 g/mol. The van der Waals surface area contributed by atoms with Crippen LogP contribution < -0.4 is 5.49 Å². The number of benzene rings is 2. The third-order valence-electron chi connectivity index (χ3n) is 5.71. The molecule has 0 atom stereocenters. The highest BCUT2D eigenvalue weighted by Crippen LogP contribution is 2.35. The van der Waals surface area contributed by atoms with E-state index in [4.69, 9.17) is 15.5 Å². The number of aryl methyl sites for hydroxylation is 2. The Bertz CT molecular complexity index is 1670. The van der Waals surface area contributed by atoms with Crippen molar-refractivity contribution in [1.29, 1.82) is 5.41 Å². The van der Waals surface area contributed by atoms with Gasteiger partial charge in [0.25, 0.3) is 0 Å². The van der Waals surface area contributed by atoms with Crippen molar-refractivity contribution in [2.24, 2.45) is 0 Å². The van der Waals surface area contributed by atoms with E-state index in [1.807, 2.05) is 33.5 Å². The molecule has 4 aromatic heterocycles. The first-order valence-corrected chi connectivity index (χ1v) is 11.4. The first-order valence-electron chi connectivity index (χ1n) is 10.6. The second-order valence-electron chi connectivity index (χ2n) is 8.10. The summed E-state index contributed by atoms with van der Waals surface area (Å²) in [6.45, 7) is 4.13. The van der Waals surface area contributed by atoms with Crippen molar-refractivity contribution < 1.29 is 0 Å². The molecule has 0 spiro atoms. The summed E-state index contributed by atoms with van der Waals surface area (Å²) >= 11 is 1.55. The Morgan fingerprint density at radius 1 is 0.879 bits per heavy atom. The summed E-state index contributed by atoms with van der Waals surface area (Å²) in [5.41, 5.74) is 8.09. The summed E-state index contributed by atoms with van der Waals surface area (Å²) in [6, 6.07) is 22.2. The van der Waals surface area contributed by atoms with E-state index < -0.39 is 0 Å². The molecule has 6 nitrogen and oxygen atoms in total. The lowest BCUT2D eigenvalue weighted by atomic mass is 10.1. The van der Waals surface area contributed by atoms with Crippen LogP contribution in [0, 0.1) is 19.3 Å². The van der Waals surface area contributed by atoms with Crippen LogP contribution >= 0.6 is 11.3 Å². The largest absolute Gasteiger partial charge is 0.284 e. The Morgan fingerprint density at radius 2 is 1.61 bits per heavy atom. The number of rotatable bonds is 3. The number of nitrogens with one attached hydrogen (secondary N) is 1. The Labute approximate surface area is 194 Å². The Hall–Kier alpha value is -4.10. The molecule has 1 N–H and O–H groups in total. The predicted molar refractivity (Wildman–Crippen MR) is 132 cm³/mol. The molecule has 6 aromatic rings. The second-order valence-corrected chi connectivity index (χ2v) is 9.08. The van der Waals surface area contributed by atoms with E-state index in [0.29, 0.717) is 5.49 Å². The van der Waals surface area contributed by atoms with Crippen LogP contribution in [-0.2, 0) is 0 Å². The summed E-state index contributed by atoms with van der Waals surface area (Å²) in [5.74, 6) is 0. The van der Waals surface area contributed by atoms with Gasteiger partial charge in [-0.2, -0.15) is 5.10 Å². The third-order valence-corrected chi connectivity index (χ3v) is 6.74. The fourth-order valence-corrected chi connectivity index (χ4v) is 5.09. The zero-order chi connectivity index (χ0) is 22.5. The Morgan fingerprint density at radius 3 is 2.30 bits per heavy atom. The van der Waals surface area contributed by atoms with E-state index in [-0.39, 0.29) is 0 Å². The van der Waals surface area contributed by atoms with Gasteiger partial charge in [-0.15, -0.1) is 0 Å². The van der Waals surface area contributed by atoms with Gasteiger partial charge in [-0.1, -0.05) is 58.9 Å². The molecule has 0 radical (unpaired) electrons. The maximum absolute atomic E-state index is 8.88. The summed E-state index contributed by atoms with van der Waals surface area (Å²) in [6.07, 6.45) is 3.58. The summed E-state index contributed by atoms with van der Waals surface area (Å²) < 4.78 is 4.77. The molecule has 6 rings (SSSR count). The standard InChI is InChI=1S/C26H20N6S/c1-16-5-9-18(10-6-16)21-14-22(27)31-25-24(33-26(31)29-21)23(19-4-3-13-28-15-19)30-32(25)20-11-7-17(2)8-12-20/h3-15,27H,1-2H3. The molecular weight excluding hydrogens is 428 g/mol. The molecule has 33 heavy (non-hydrogen) atoms. The molecule has 7 heteroatoms. The summed E-state index contributed by atoms with van der Waals surface area (Å²) in [4.78, 5) is 9.98. The third kappa shape index (κ3) is 3.25. The first kappa shape index (κ1) is 19.6. The molecule has 0 aliphatic heterocycles. The molecule has 0 saturated carbocycles. The number of pyridine rings is 1. The molecule has 0 amide bonds. The first-order chi connectivity index (χ1) is 16.1. The monoisotopic (exact) mass is 448 g/mol. The van der Waals surface area contributed by atoms with Gasteiger partial charge < -0.3 is 0 Å². The highest BCUT2D eigenvalue weighted by molar-refractivity contribution is 7.24. The van der Waals surface area contributed by atoms with Crippen LogP contribution in [-0.4, -0.2) is 24.1 Å². The van der Waals surface area contributed by atoms with Crippen molar-refractivity contribution in [3.05, 3.63) is 95.7 Å². The number of thiazole rings is 1. The Balaban J connectivity index is 1.67. The van der Waals surface area contributed by atoms with Crippen LogP contribution in [0.25, 0.3) is 43.5 Å². The van der Waals surface area contributed by atoms with Gasteiger partial charge in [-0.25, -0.2) is 9.67 Å². The van der Waals surface area contributed by atoms with Crippen LogP contribution in [0.2, 0.25) is 0 Å². The van der Waals surface area contributed by atoms with Gasteiger partial charge in [0.05, 0.1) is 11.4 Å². The van der Waals surface area contributed by atoms with Crippen molar-refractivity contribution in [2.45, 2.75) is 13.8 Å². The quantitative estimate of drug-likeness (QED) is 0.385. The van der Waals surface area contributed by atoms with Crippen molar-refractivity contribution in [2.75, 3.05) is 0 Å². The zero-order valence-corrected chi connectivity index (χ0v) is 19.0. The van der Waals surface area contributed by atoms with Crippen LogP contribution in [0.5, 0.6) is 0 Å². The molecule has 0 saturated heterocycles. The molecule has 0 aliphatic carbocycles. The van der Waals surface area contributed by atoms with Crippen molar-refractivity contribution >= 4 is 26.6 Å². The second kappa shape index (κ2) is 7.50. The topological polar surface area (TPSA) is 71.9 Å². The Kier molecular flexibility index (Phi) is 4.45. The van der Waals surface area contributed by atoms with Gasteiger partial charge in [-0.3, -0.25) is 14.8 Å². The number of aromatic nitrogens is 5. The molecular formula is C26H20N6S. The van der Waals surface area contributed by atoms with Crippen molar-refractivity contribution in [3.63, 3.8) is 0 Å². The van der Waals surface area contributed by atoms with E-state index in [9.17, 15) is 0 Å². The zero-order valence-electron chi connectivity index (χ0n) is 18.1. The maximum atomic E-state index is 8.88. The number of hydrogen-bond donors (Lipinski definition) is 1. The normalized spacial score (nSPS) is 11.5. The van der Waals surface area contributed by atoms with Crippen LogP contribution in [0.3, 0.4) is 0 Å². The molecule has 0 aliphatic rings. The number of hydrogen-bond acceptors (Lipinski definition) is 5. The van der Waals surface area contributed by atoms with E-state index in [0.717, 1.165) is 43.5 Å². The minimum absolute atomic E-state index is 0.368. The van der Waals surface area contributed by atoms with Crippen LogP contribution in [0.1, 0.15) is 11.1 Å². The van der Waals surface area contributed by atoms with Gasteiger partial charge in [0.15, 0.2) is 10.6 Å².